The maximum atomic E-state index is 11.9. The number of likely N-dealkylation sites (N-methyl/N-ethyl adjacent to an activating group) is 1. The normalized spacial score (nSPS) is 11.9. The van der Waals surface area contributed by atoms with Crippen molar-refractivity contribution in [3.63, 3.8) is 0 Å². The third-order valence-electron chi connectivity index (χ3n) is 2.20. The van der Waals surface area contributed by atoms with Crippen molar-refractivity contribution in [1.82, 2.24) is 10.6 Å². The minimum absolute atomic E-state index is 0.0724. The first kappa shape index (κ1) is 14.8. The van der Waals surface area contributed by atoms with Gasteiger partial charge in [0.15, 0.2) is 0 Å². The fraction of sp³-hybridized carbons (Fsp3) is 0.273. The summed E-state index contributed by atoms with van der Waals surface area (Å²) in [6, 6.07) is 3.57. The molecular formula is C11H12Cl2N2O3. The van der Waals surface area contributed by atoms with Gasteiger partial charge in [0.1, 0.15) is 6.04 Å². The highest BCUT2D eigenvalue weighted by atomic mass is 35.5. The first-order valence-corrected chi connectivity index (χ1v) is 5.85. The number of aliphatic carboxylic acids is 1. The molecule has 7 heteroatoms. The fourth-order valence-corrected chi connectivity index (χ4v) is 1.92. The molecule has 1 aromatic carbocycles. The molecule has 0 bridgehead atoms. The smallest absolute Gasteiger partial charge is 0.327 e. The highest BCUT2D eigenvalue weighted by Crippen LogP contribution is 2.23. The average Bonchev–Trinajstić information content (AvgIpc) is 2.28. The number of benzene rings is 1. The third-order valence-corrected chi connectivity index (χ3v) is 2.83. The van der Waals surface area contributed by atoms with Gasteiger partial charge in [-0.05, 0) is 19.2 Å². The molecule has 0 aliphatic rings. The summed E-state index contributed by atoms with van der Waals surface area (Å²) in [5.41, 5.74) is 0.0724. The van der Waals surface area contributed by atoms with E-state index in [9.17, 15) is 9.59 Å². The summed E-state index contributed by atoms with van der Waals surface area (Å²) in [7, 11) is 1.59. The number of carbonyl (C=O) groups is 2. The van der Waals surface area contributed by atoms with Gasteiger partial charge in [-0.1, -0.05) is 29.3 Å². The zero-order valence-electron chi connectivity index (χ0n) is 9.54. The molecule has 1 rings (SSSR count). The highest BCUT2D eigenvalue weighted by molar-refractivity contribution is 6.39. The van der Waals surface area contributed by atoms with Crippen LogP contribution < -0.4 is 10.6 Å². The summed E-state index contributed by atoms with van der Waals surface area (Å²) in [6.07, 6.45) is 0. The van der Waals surface area contributed by atoms with Crippen LogP contribution in [0.2, 0.25) is 10.0 Å². The SMILES string of the molecule is CNC[C@H](NC(=O)c1c(Cl)cccc1Cl)C(=O)O. The molecular weight excluding hydrogens is 279 g/mol. The standard InChI is InChI=1S/C11H12Cl2N2O3/c1-14-5-8(11(17)18)15-10(16)9-6(12)3-2-4-7(9)13/h2-4,8,14H,5H2,1H3,(H,15,16)(H,17,18)/t8-/m0/s1. The number of halogens is 2. The Kier molecular flexibility index (Phi) is 5.40. The van der Waals surface area contributed by atoms with E-state index in [0.717, 1.165) is 0 Å². The van der Waals surface area contributed by atoms with Gasteiger partial charge in [0.25, 0.3) is 5.91 Å². The van der Waals surface area contributed by atoms with Crippen LogP contribution >= 0.6 is 23.2 Å². The van der Waals surface area contributed by atoms with E-state index in [1.54, 1.807) is 13.1 Å². The van der Waals surface area contributed by atoms with Gasteiger partial charge in [0.05, 0.1) is 15.6 Å². The van der Waals surface area contributed by atoms with Crippen molar-refractivity contribution in [3.05, 3.63) is 33.8 Å². The van der Waals surface area contributed by atoms with Crippen molar-refractivity contribution in [1.29, 1.82) is 0 Å². The number of nitrogens with one attached hydrogen (secondary N) is 2. The summed E-state index contributed by atoms with van der Waals surface area (Å²) in [5.74, 6) is -1.76. The van der Waals surface area contributed by atoms with Crippen LogP contribution in [0.15, 0.2) is 18.2 Å². The summed E-state index contributed by atoms with van der Waals surface area (Å²) in [5, 5.41) is 14.3. The Labute approximate surface area is 114 Å². The van der Waals surface area contributed by atoms with Crippen molar-refractivity contribution in [3.8, 4) is 0 Å². The molecule has 3 N–H and O–H groups in total. The molecule has 1 aromatic rings. The second-order valence-electron chi connectivity index (χ2n) is 3.52. The molecule has 0 saturated carbocycles. The van der Waals surface area contributed by atoms with Gasteiger partial charge in [0, 0.05) is 6.54 Å². The molecule has 0 aliphatic carbocycles. The molecule has 0 spiro atoms. The van der Waals surface area contributed by atoms with Gasteiger partial charge in [-0.25, -0.2) is 4.79 Å². The highest BCUT2D eigenvalue weighted by Gasteiger charge is 2.22. The van der Waals surface area contributed by atoms with Crippen LogP contribution in [0, 0.1) is 0 Å². The van der Waals surface area contributed by atoms with Crippen LogP contribution in [0.25, 0.3) is 0 Å². The first-order valence-electron chi connectivity index (χ1n) is 5.09. The number of amides is 1. The monoisotopic (exact) mass is 290 g/mol. The lowest BCUT2D eigenvalue weighted by molar-refractivity contribution is -0.139. The van der Waals surface area contributed by atoms with Crippen LogP contribution in [-0.4, -0.2) is 36.6 Å². The van der Waals surface area contributed by atoms with Crippen molar-refractivity contribution in [2.45, 2.75) is 6.04 Å². The largest absolute Gasteiger partial charge is 0.480 e. The number of hydrogen-bond donors (Lipinski definition) is 3. The van der Waals surface area contributed by atoms with Gasteiger partial charge < -0.3 is 15.7 Å². The molecule has 0 heterocycles. The average molecular weight is 291 g/mol. The van der Waals surface area contributed by atoms with Crippen LogP contribution in [0.4, 0.5) is 0 Å². The van der Waals surface area contributed by atoms with E-state index in [-0.39, 0.29) is 22.2 Å². The second kappa shape index (κ2) is 6.58. The lowest BCUT2D eigenvalue weighted by atomic mass is 10.2. The zero-order chi connectivity index (χ0) is 13.7. The van der Waals surface area contributed by atoms with Crippen molar-refractivity contribution in [2.24, 2.45) is 0 Å². The van der Waals surface area contributed by atoms with Gasteiger partial charge in [0.2, 0.25) is 0 Å². The zero-order valence-corrected chi connectivity index (χ0v) is 11.0. The predicted molar refractivity (Wildman–Crippen MR) is 69.3 cm³/mol. The minimum atomic E-state index is -1.14. The number of hydrogen-bond acceptors (Lipinski definition) is 3. The summed E-state index contributed by atoms with van der Waals surface area (Å²) < 4.78 is 0. The molecule has 0 radical (unpaired) electrons. The van der Waals surface area contributed by atoms with Gasteiger partial charge >= 0.3 is 5.97 Å². The Bertz CT molecular complexity index is 445. The molecule has 0 saturated heterocycles. The van der Waals surface area contributed by atoms with E-state index >= 15 is 0 Å². The van der Waals surface area contributed by atoms with Crippen LogP contribution in [0.5, 0.6) is 0 Å². The number of carboxylic acid groups (broad SMARTS) is 1. The molecule has 0 fully saturated rings. The molecule has 98 valence electrons. The molecule has 18 heavy (non-hydrogen) atoms. The maximum absolute atomic E-state index is 11.9. The van der Waals surface area contributed by atoms with Gasteiger partial charge in [-0.15, -0.1) is 0 Å². The van der Waals surface area contributed by atoms with E-state index in [1.165, 1.54) is 12.1 Å². The number of carbonyl (C=O) groups excluding carboxylic acids is 1. The molecule has 5 nitrogen and oxygen atoms in total. The van der Waals surface area contributed by atoms with E-state index in [2.05, 4.69) is 10.6 Å². The van der Waals surface area contributed by atoms with Crippen LogP contribution in [0.1, 0.15) is 10.4 Å². The first-order chi connectivity index (χ1) is 8.47. The van der Waals surface area contributed by atoms with Gasteiger partial charge in [-0.3, -0.25) is 4.79 Å². The van der Waals surface area contributed by atoms with E-state index in [0.29, 0.717) is 0 Å². The summed E-state index contributed by atoms with van der Waals surface area (Å²) >= 11 is 11.7. The molecule has 1 atom stereocenters. The lowest BCUT2D eigenvalue weighted by Gasteiger charge is -2.15. The molecule has 0 unspecified atom stereocenters. The Hall–Kier alpha value is -1.30. The second-order valence-corrected chi connectivity index (χ2v) is 4.33. The Balaban J connectivity index is 2.90. The summed E-state index contributed by atoms with van der Waals surface area (Å²) in [6.45, 7) is 0.100. The Morgan fingerprint density at radius 2 is 1.89 bits per heavy atom. The lowest BCUT2D eigenvalue weighted by Crippen LogP contribution is -2.46. The minimum Gasteiger partial charge on any atom is -0.480 e. The Morgan fingerprint density at radius 3 is 2.33 bits per heavy atom. The maximum Gasteiger partial charge on any atom is 0.327 e. The summed E-state index contributed by atoms with van der Waals surface area (Å²) in [4.78, 5) is 22.8. The fourth-order valence-electron chi connectivity index (χ4n) is 1.35. The topological polar surface area (TPSA) is 78.4 Å². The van der Waals surface area contributed by atoms with Crippen molar-refractivity contribution >= 4 is 35.1 Å². The van der Waals surface area contributed by atoms with Crippen LogP contribution in [-0.2, 0) is 4.79 Å². The van der Waals surface area contributed by atoms with Crippen molar-refractivity contribution in [2.75, 3.05) is 13.6 Å². The van der Waals surface area contributed by atoms with Gasteiger partial charge in [-0.2, -0.15) is 0 Å². The van der Waals surface area contributed by atoms with E-state index < -0.39 is 17.9 Å². The molecule has 0 aliphatic heterocycles. The Morgan fingerprint density at radius 1 is 1.33 bits per heavy atom. The third kappa shape index (κ3) is 3.60. The molecule has 1 amide bonds. The molecule has 0 aromatic heterocycles. The van der Waals surface area contributed by atoms with E-state index in [1.807, 2.05) is 0 Å². The number of rotatable bonds is 5. The number of carboxylic acids is 1. The van der Waals surface area contributed by atoms with Crippen LogP contribution in [0.3, 0.4) is 0 Å². The van der Waals surface area contributed by atoms with E-state index in [4.69, 9.17) is 28.3 Å². The quantitative estimate of drug-likeness (QED) is 0.766. The predicted octanol–water partition coefficient (Wildman–Crippen LogP) is 1.40. The van der Waals surface area contributed by atoms with Crippen molar-refractivity contribution < 1.29 is 14.7 Å².